The van der Waals surface area contributed by atoms with Gasteiger partial charge < -0.3 is 15.0 Å². The van der Waals surface area contributed by atoms with Gasteiger partial charge in [0.2, 0.25) is 11.9 Å². The van der Waals surface area contributed by atoms with Gasteiger partial charge in [-0.2, -0.15) is 0 Å². The Hall–Kier alpha value is -2.81. The second kappa shape index (κ2) is 6.91. The van der Waals surface area contributed by atoms with Crippen molar-refractivity contribution in [3.63, 3.8) is 0 Å². The van der Waals surface area contributed by atoms with Crippen LogP contribution >= 0.6 is 11.3 Å². The fraction of sp³-hybridized carbons (Fsp3) is 0.400. The number of halogens is 1. The summed E-state index contributed by atoms with van der Waals surface area (Å²) in [6.07, 6.45) is 4.57. The Balaban J connectivity index is 1.13. The van der Waals surface area contributed by atoms with E-state index in [4.69, 9.17) is 4.74 Å². The van der Waals surface area contributed by atoms with E-state index in [1.165, 1.54) is 23.5 Å². The van der Waals surface area contributed by atoms with Gasteiger partial charge in [0.1, 0.15) is 23.2 Å². The molecule has 1 saturated carbocycles. The summed E-state index contributed by atoms with van der Waals surface area (Å²) in [6, 6.07) is 4.60. The monoisotopic (exact) mass is 413 g/mol. The van der Waals surface area contributed by atoms with Crippen LogP contribution in [0.15, 0.2) is 36.1 Å². The molecule has 0 radical (unpaired) electrons. The number of anilines is 1. The molecule has 1 aliphatic carbocycles. The Kier molecular flexibility index (Phi) is 4.34. The standard InChI is InChI=1S/C20H20FN5O2S/c1-20(9-26(10-20)19-22-3-2-4-23-19)25-18(27)12-5-14(6-12)28-15-7-13(21)8-16-17(15)24-11-29-16/h2-4,7-8,11-12,14H,5-6,9-10H2,1H3,(H,25,27). The van der Waals surface area contributed by atoms with Gasteiger partial charge in [0, 0.05) is 37.5 Å². The molecule has 5 rings (SSSR count). The molecule has 3 aromatic rings. The molecule has 150 valence electrons. The van der Waals surface area contributed by atoms with Crippen molar-refractivity contribution < 1.29 is 13.9 Å². The van der Waals surface area contributed by atoms with Crippen molar-refractivity contribution in [3.05, 3.63) is 41.9 Å². The summed E-state index contributed by atoms with van der Waals surface area (Å²) in [6.45, 7) is 3.39. The van der Waals surface area contributed by atoms with E-state index in [0.29, 0.717) is 43.1 Å². The van der Waals surface area contributed by atoms with Crippen LogP contribution in [0.2, 0.25) is 0 Å². The third kappa shape index (κ3) is 3.50. The van der Waals surface area contributed by atoms with Crippen LogP contribution in [0, 0.1) is 11.7 Å². The fourth-order valence-corrected chi connectivity index (χ4v) is 4.64. The predicted molar refractivity (Wildman–Crippen MR) is 108 cm³/mol. The molecule has 0 unspecified atom stereocenters. The van der Waals surface area contributed by atoms with Crippen molar-refractivity contribution in [1.29, 1.82) is 0 Å². The molecule has 1 saturated heterocycles. The first-order valence-corrected chi connectivity index (χ1v) is 10.4. The van der Waals surface area contributed by atoms with Crippen molar-refractivity contribution in [2.75, 3.05) is 18.0 Å². The molecular formula is C20H20FN5O2S. The van der Waals surface area contributed by atoms with Gasteiger partial charge >= 0.3 is 0 Å². The molecular weight excluding hydrogens is 393 g/mol. The van der Waals surface area contributed by atoms with Crippen molar-refractivity contribution in [2.24, 2.45) is 5.92 Å². The lowest BCUT2D eigenvalue weighted by atomic mass is 9.80. The molecule has 0 bridgehead atoms. The lowest BCUT2D eigenvalue weighted by molar-refractivity contribution is -0.132. The zero-order chi connectivity index (χ0) is 20.0. The number of ether oxygens (including phenoxy) is 1. The van der Waals surface area contributed by atoms with Crippen LogP contribution in [0.3, 0.4) is 0 Å². The minimum atomic E-state index is -0.338. The van der Waals surface area contributed by atoms with E-state index in [2.05, 4.69) is 20.3 Å². The maximum absolute atomic E-state index is 13.8. The van der Waals surface area contributed by atoms with Crippen LogP contribution in [0.1, 0.15) is 19.8 Å². The number of fused-ring (bicyclic) bond motifs is 1. The maximum atomic E-state index is 13.8. The fourth-order valence-electron chi connectivity index (χ4n) is 3.92. The highest BCUT2D eigenvalue weighted by atomic mass is 32.1. The van der Waals surface area contributed by atoms with Crippen LogP contribution in [-0.2, 0) is 4.79 Å². The number of hydrogen-bond donors (Lipinski definition) is 1. The van der Waals surface area contributed by atoms with E-state index < -0.39 is 0 Å². The van der Waals surface area contributed by atoms with Gasteiger partial charge in [0.25, 0.3) is 0 Å². The third-order valence-corrected chi connectivity index (χ3v) is 6.24. The number of carbonyl (C=O) groups excluding carboxylic acids is 1. The van der Waals surface area contributed by atoms with Gasteiger partial charge in [-0.1, -0.05) is 0 Å². The van der Waals surface area contributed by atoms with E-state index in [9.17, 15) is 9.18 Å². The number of aromatic nitrogens is 3. The second-order valence-corrected chi connectivity index (χ2v) is 8.85. The second-order valence-electron chi connectivity index (χ2n) is 7.97. The Bertz CT molecular complexity index is 1050. The third-order valence-electron chi connectivity index (χ3n) is 5.47. The molecule has 1 aliphatic heterocycles. The van der Waals surface area contributed by atoms with Crippen LogP contribution < -0.4 is 15.0 Å². The summed E-state index contributed by atoms with van der Waals surface area (Å²) in [5, 5.41) is 3.15. The summed E-state index contributed by atoms with van der Waals surface area (Å²) in [5.74, 6) is 0.752. The number of nitrogens with one attached hydrogen (secondary N) is 1. The van der Waals surface area contributed by atoms with Crippen molar-refractivity contribution >= 4 is 33.4 Å². The predicted octanol–water partition coefficient (Wildman–Crippen LogP) is 2.78. The molecule has 1 N–H and O–H groups in total. The summed E-state index contributed by atoms with van der Waals surface area (Å²) in [5.41, 5.74) is 2.07. The smallest absolute Gasteiger partial charge is 0.225 e. The molecule has 9 heteroatoms. The van der Waals surface area contributed by atoms with Crippen molar-refractivity contribution in [1.82, 2.24) is 20.3 Å². The molecule has 3 heterocycles. The highest BCUT2D eigenvalue weighted by Crippen LogP contribution is 2.36. The van der Waals surface area contributed by atoms with Gasteiger partial charge in [0.05, 0.1) is 15.7 Å². The topological polar surface area (TPSA) is 80.2 Å². The van der Waals surface area contributed by atoms with E-state index >= 15 is 0 Å². The van der Waals surface area contributed by atoms with Crippen LogP contribution in [0.5, 0.6) is 5.75 Å². The van der Waals surface area contributed by atoms with Gasteiger partial charge in [-0.3, -0.25) is 4.79 Å². The molecule has 7 nitrogen and oxygen atoms in total. The van der Waals surface area contributed by atoms with Gasteiger partial charge in [-0.05, 0) is 31.9 Å². The number of thiazole rings is 1. The molecule has 2 aliphatic rings. The van der Waals surface area contributed by atoms with Gasteiger partial charge in [-0.15, -0.1) is 11.3 Å². The minimum Gasteiger partial charge on any atom is -0.488 e. The summed E-state index contributed by atoms with van der Waals surface area (Å²) in [7, 11) is 0. The molecule has 1 aromatic carbocycles. The normalized spacial score (nSPS) is 22.6. The first kappa shape index (κ1) is 18.2. The van der Waals surface area contributed by atoms with E-state index in [0.717, 1.165) is 4.70 Å². The Morgan fingerprint density at radius 1 is 1.28 bits per heavy atom. The molecule has 0 spiro atoms. The number of carbonyl (C=O) groups is 1. The Morgan fingerprint density at radius 2 is 2.03 bits per heavy atom. The molecule has 2 fully saturated rings. The largest absolute Gasteiger partial charge is 0.488 e. The SMILES string of the molecule is CC1(NC(=O)C2CC(Oc3cc(F)cc4scnc34)C2)CN(c2ncccn2)C1. The summed E-state index contributed by atoms with van der Waals surface area (Å²) in [4.78, 5) is 27.4. The highest BCUT2D eigenvalue weighted by molar-refractivity contribution is 7.16. The van der Waals surface area contributed by atoms with E-state index in [-0.39, 0.29) is 29.3 Å². The van der Waals surface area contributed by atoms with Gasteiger partial charge in [0.15, 0.2) is 0 Å². The lowest BCUT2D eigenvalue weighted by Crippen LogP contribution is -2.70. The lowest BCUT2D eigenvalue weighted by Gasteiger charge is -2.49. The zero-order valence-corrected chi connectivity index (χ0v) is 16.7. The van der Waals surface area contributed by atoms with Crippen molar-refractivity contribution in [3.8, 4) is 5.75 Å². The number of rotatable bonds is 5. The van der Waals surface area contributed by atoms with Crippen LogP contribution in [0.4, 0.5) is 10.3 Å². The number of nitrogens with zero attached hydrogens (tertiary/aromatic N) is 4. The summed E-state index contributed by atoms with van der Waals surface area (Å²) >= 11 is 1.38. The molecule has 0 atom stereocenters. The first-order chi connectivity index (χ1) is 14.0. The van der Waals surface area contributed by atoms with Gasteiger partial charge in [-0.25, -0.2) is 19.3 Å². The maximum Gasteiger partial charge on any atom is 0.225 e. The molecule has 2 aromatic heterocycles. The highest BCUT2D eigenvalue weighted by Gasteiger charge is 2.44. The average Bonchev–Trinajstić information content (AvgIpc) is 3.11. The van der Waals surface area contributed by atoms with Crippen molar-refractivity contribution in [2.45, 2.75) is 31.4 Å². The average molecular weight is 413 g/mol. The number of benzene rings is 1. The van der Waals surface area contributed by atoms with Crippen LogP contribution in [-0.4, -0.2) is 45.6 Å². The Labute approximate surface area is 170 Å². The van der Waals surface area contributed by atoms with Crippen LogP contribution in [0.25, 0.3) is 10.2 Å². The van der Waals surface area contributed by atoms with E-state index in [1.54, 1.807) is 24.0 Å². The minimum absolute atomic E-state index is 0.0408. The van der Waals surface area contributed by atoms with E-state index in [1.807, 2.05) is 11.8 Å². The zero-order valence-electron chi connectivity index (χ0n) is 15.8. The first-order valence-electron chi connectivity index (χ1n) is 9.52. The Morgan fingerprint density at radius 3 is 2.79 bits per heavy atom. The number of amides is 1. The quantitative estimate of drug-likeness (QED) is 0.693. The number of hydrogen-bond acceptors (Lipinski definition) is 7. The molecule has 1 amide bonds. The molecule has 29 heavy (non-hydrogen) atoms. The summed E-state index contributed by atoms with van der Waals surface area (Å²) < 4.78 is 20.4.